The van der Waals surface area contributed by atoms with Gasteiger partial charge in [-0.1, -0.05) is 19.9 Å². The molecule has 2 heterocycles. The number of aromatic nitrogens is 1. The fourth-order valence-corrected chi connectivity index (χ4v) is 3.34. The van der Waals surface area contributed by atoms with Crippen molar-refractivity contribution in [1.29, 1.82) is 0 Å². The van der Waals surface area contributed by atoms with Crippen LogP contribution in [0.4, 0.5) is 0 Å². The summed E-state index contributed by atoms with van der Waals surface area (Å²) in [6.45, 7) is 9.48. The number of hydrogen-bond donors (Lipinski definition) is 1. The van der Waals surface area contributed by atoms with Gasteiger partial charge < -0.3 is 10.1 Å². The Hall–Kier alpha value is -0.580. The van der Waals surface area contributed by atoms with Gasteiger partial charge in [0.1, 0.15) is 0 Å². The van der Waals surface area contributed by atoms with Crippen LogP contribution in [0.15, 0.2) is 17.3 Å². The maximum atomic E-state index is 5.66. The minimum absolute atomic E-state index is 0.425. The van der Waals surface area contributed by atoms with Crippen molar-refractivity contribution in [2.75, 3.05) is 18.9 Å². The Morgan fingerprint density at radius 3 is 3.00 bits per heavy atom. The Balaban J connectivity index is 1.81. The number of aryl methyl sites for hydroxylation is 1. The van der Waals surface area contributed by atoms with E-state index in [2.05, 4.69) is 37.1 Å². The summed E-state index contributed by atoms with van der Waals surface area (Å²) in [7, 11) is 0. The number of pyridine rings is 1. The Labute approximate surface area is 126 Å². The Morgan fingerprint density at radius 1 is 1.50 bits per heavy atom. The van der Waals surface area contributed by atoms with Crippen LogP contribution in [-0.2, 0) is 11.3 Å². The van der Waals surface area contributed by atoms with Gasteiger partial charge in [-0.15, -0.1) is 11.8 Å². The lowest BCUT2D eigenvalue weighted by atomic mass is 10.2. The molecule has 0 amide bonds. The van der Waals surface area contributed by atoms with E-state index in [4.69, 9.17) is 4.74 Å². The van der Waals surface area contributed by atoms with Gasteiger partial charge in [-0.05, 0) is 43.4 Å². The first kappa shape index (κ1) is 15.8. The second-order valence-electron chi connectivity index (χ2n) is 5.94. The zero-order valence-corrected chi connectivity index (χ0v) is 13.6. The number of hydrogen-bond acceptors (Lipinski definition) is 4. The highest BCUT2D eigenvalue weighted by Gasteiger charge is 2.16. The predicted octanol–water partition coefficient (Wildman–Crippen LogP) is 3.41. The van der Waals surface area contributed by atoms with E-state index >= 15 is 0 Å². The highest BCUT2D eigenvalue weighted by molar-refractivity contribution is 7.99. The van der Waals surface area contributed by atoms with Crippen LogP contribution in [-0.4, -0.2) is 30.0 Å². The van der Waals surface area contributed by atoms with Crippen molar-refractivity contribution in [1.82, 2.24) is 10.3 Å². The van der Waals surface area contributed by atoms with Crippen LogP contribution in [0.25, 0.3) is 0 Å². The third-order valence-electron chi connectivity index (χ3n) is 3.40. The molecule has 0 spiro atoms. The molecule has 1 fully saturated rings. The largest absolute Gasteiger partial charge is 0.377 e. The Bertz CT molecular complexity index is 417. The molecule has 3 nitrogen and oxygen atoms in total. The van der Waals surface area contributed by atoms with E-state index in [1.807, 2.05) is 18.0 Å². The molecule has 1 aromatic rings. The molecule has 0 saturated carbocycles. The summed E-state index contributed by atoms with van der Waals surface area (Å²) in [5, 5.41) is 4.60. The standard InChI is InChI=1S/C16H26N2OS/c1-12(2)8-17-9-14-7-13(3)16(18-10-14)20-11-15-5-4-6-19-15/h7,10,12,15,17H,4-6,8-9,11H2,1-3H3. The van der Waals surface area contributed by atoms with Gasteiger partial charge >= 0.3 is 0 Å². The summed E-state index contributed by atoms with van der Waals surface area (Å²) in [4.78, 5) is 4.60. The van der Waals surface area contributed by atoms with Crippen molar-refractivity contribution in [3.05, 3.63) is 23.4 Å². The first-order chi connectivity index (χ1) is 9.65. The first-order valence-electron chi connectivity index (χ1n) is 7.56. The fourth-order valence-electron chi connectivity index (χ4n) is 2.32. The molecule has 0 radical (unpaired) electrons. The van der Waals surface area contributed by atoms with Crippen LogP contribution in [0.3, 0.4) is 0 Å². The number of nitrogens with zero attached hydrogens (tertiary/aromatic N) is 1. The molecule has 1 saturated heterocycles. The topological polar surface area (TPSA) is 34.2 Å². The molecule has 112 valence electrons. The van der Waals surface area contributed by atoms with E-state index in [1.54, 1.807) is 0 Å². The molecule has 1 atom stereocenters. The molecule has 1 N–H and O–H groups in total. The SMILES string of the molecule is Cc1cc(CNCC(C)C)cnc1SCC1CCCO1. The van der Waals surface area contributed by atoms with Crippen molar-refractivity contribution in [2.45, 2.75) is 51.3 Å². The minimum atomic E-state index is 0.425. The molecular formula is C16H26N2OS. The molecule has 1 aromatic heterocycles. The zero-order chi connectivity index (χ0) is 14.4. The minimum Gasteiger partial charge on any atom is -0.377 e. The van der Waals surface area contributed by atoms with Crippen LogP contribution in [0.1, 0.15) is 37.8 Å². The van der Waals surface area contributed by atoms with Crippen LogP contribution in [0.2, 0.25) is 0 Å². The van der Waals surface area contributed by atoms with E-state index in [0.717, 1.165) is 30.5 Å². The number of ether oxygens (including phenoxy) is 1. The van der Waals surface area contributed by atoms with Crippen LogP contribution in [0.5, 0.6) is 0 Å². The van der Waals surface area contributed by atoms with Crippen molar-refractivity contribution in [2.24, 2.45) is 5.92 Å². The van der Waals surface area contributed by atoms with E-state index in [-0.39, 0.29) is 0 Å². The third kappa shape index (κ3) is 5.08. The number of nitrogens with one attached hydrogen (secondary N) is 1. The van der Waals surface area contributed by atoms with Crippen molar-refractivity contribution >= 4 is 11.8 Å². The van der Waals surface area contributed by atoms with Crippen molar-refractivity contribution in [3.63, 3.8) is 0 Å². The summed E-state index contributed by atoms with van der Waals surface area (Å²) in [6.07, 6.45) is 4.83. The molecular weight excluding hydrogens is 268 g/mol. The molecule has 4 heteroatoms. The molecule has 1 unspecified atom stereocenters. The average molecular weight is 294 g/mol. The lowest BCUT2D eigenvalue weighted by Gasteiger charge is -2.11. The second kappa shape index (κ2) is 8.01. The van der Waals surface area contributed by atoms with Gasteiger partial charge in [0.25, 0.3) is 0 Å². The molecule has 1 aliphatic rings. The smallest absolute Gasteiger partial charge is 0.0990 e. The van der Waals surface area contributed by atoms with Crippen LogP contribution >= 0.6 is 11.8 Å². The van der Waals surface area contributed by atoms with Gasteiger partial charge in [0.05, 0.1) is 11.1 Å². The first-order valence-corrected chi connectivity index (χ1v) is 8.54. The maximum Gasteiger partial charge on any atom is 0.0990 e. The van der Waals surface area contributed by atoms with E-state index in [1.165, 1.54) is 24.0 Å². The summed E-state index contributed by atoms with van der Waals surface area (Å²) in [5.74, 6) is 1.71. The molecule has 20 heavy (non-hydrogen) atoms. The van der Waals surface area contributed by atoms with Gasteiger partial charge in [0, 0.05) is 25.1 Å². The lowest BCUT2D eigenvalue weighted by Crippen LogP contribution is -2.19. The molecule has 2 rings (SSSR count). The highest BCUT2D eigenvalue weighted by Crippen LogP contribution is 2.25. The quantitative estimate of drug-likeness (QED) is 0.782. The zero-order valence-electron chi connectivity index (χ0n) is 12.8. The van der Waals surface area contributed by atoms with Gasteiger partial charge in [-0.3, -0.25) is 0 Å². The predicted molar refractivity (Wildman–Crippen MR) is 85.2 cm³/mol. The van der Waals surface area contributed by atoms with Gasteiger partial charge in [0.15, 0.2) is 0 Å². The van der Waals surface area contributed by atoms with E-state index in [9.17, 15) is 0 Å². The molecule has 0 aromatic carbocycles. The molecule has 0 aliphatic carbocycles. The van der Waals surface area contributed by atoms with Gasteiger partial charge in [-0.2, -0.15) is 0 Å². The lowest BCUT2D eigenvalue weighted by molar-refractivity contribution is 0.129. The number of rotatable bonds is 7. The fraction of sp³-hybridized carbons (Fsp3) is 0.688. The monoisotopic (exact) mass is 294 g/mol. The Kier molecular flexibility index (Phi) is 6.33. The van der Waals surface area contributed by atoms with Crippen LogP contribution < -0.4 is 5.32 Å². The summed E-state index contributed by atoms with van der Waals surface area (Å²) in [5.41, 5.74) is 2.54. The van der Waals surface area contributed by atoms with Gasteiger partial charge in [0.2, 0.25) is 0 Å². The number of thioether (sulfide) groups is 1. The molecule has 0 bridgehead atoms. The summed E-state index contributed by atoms with van der Waals surface area (Å²) in [6, 6.07) is 2.25. The second-order valence-corrected chi connectivity index (χ2v) is 6.95. The van der Waals surface area contributed by atoms with Gasteiger partial charge in [-0.25, -0.2) is 4.98 Å². The van der Waals surface area contributed by atoms with Crippen LogP contribution in [0, 0.1) is 12.8 Å². The van der Waals surface area contributed by atoms with Crippen molar-refractivity contribution in [3.8, 4) is 0 Å². The normalized spacial score (nSPS) is 18.9. The summed E-state index contributed by atoms with van der Waals surface area (Å²) >= 11 is 1.83. The molecule has 1 aliphatic heterocycles. The van der Waals surface area contributed by atoms with E-state index < -0.39 is 0 Å². The maximum absolute atomic E-state index is 5.66. The Morgan fingerprint density at radius 2 is 2.35 bits per heavy atom. The average Bonchev–Trinajstić information content (AvgIpc) is 2.90. The highest BCUT2D eigenvalue weighted by atomic mass is 32.2. The van der Waals surface area contributed by atoms with Crippen molar-refractivity contribution < 1.29 is 4.74 Å². The third-order valence-corrected chi connectivity index (χ3v) is 4.64. The summed E-state index contributed by atoms with van der Waals surface area (Å²) < 4.78 is 5.66. The van der Waals surface area contributed by atoms with E-state index in [0.29, 0.717) is 12.0 Å².